The molecule has 4 N–H and O–H groups in total. The molecule has 3 aliphatic rings. The van der Waals surface area contributed by atoms with E-state index in [0.29, 0.717) is 12.5 Å². The van der Waals surface area contributed by atoms with Crippen LogP contribution in [0.1, 0.15) is 12.5 Å². The summed E-state index contributed by atoms with van der Waals surface area (Å²) in [5.41, 5.74) is 9.50. The van der Waals surface area contributed by atoms with Crippen LogP contribution in [-0.4, -0.2) is 54.7 Å². The van der Waals surface area contributed by atoms with Crippen molar-refractivity contribution >= 4 is 11.5 Å². The fourth-order valence-corrected chi connectivity index (χ4v) is 3.53. The number of hydrogen-bond acceptors (Lipinski definition) is 6. The van der Waals surface area contributed by atoms with Crippen molar-refractivity contribution in [3.8, 4) is 0 Å². The summed E-state index contributed by atoms with van der Waals surface area (Å²) in [6, 6.07) is 6.60. The molecule has 3 aliphatic heterocycles. The van der Waals surface area contributed by atoms with E-state index in [1.54, 1.807) is 0 Å². The molecule has 1 aromatic rings. The second-order valence-corrected chi connectivity index (χ2v) is 6.51. The Morgan fingerprint density at radius 1 is 1.20 bits per heavy atom. The number of guanidine groups is 1. The van der Waals surface area contributed by atoms with Gasteiger partial charge in [0.2, 0.25) is 5.96 Å². The lowest BCUT2D eigenvalue weighted by Gasteiger charge is -2.43. The second-order valence-electron chi connectivity index (χ2n) is 6.51. The third-order valence-corrected chi connectivity index (χ3v) is 4.85. The lowest BCUT2D eigenvalue weighted by atomic mass is 9.96. The van der Waals surface area contributed by atoms with Crippen molar-refractivity contribution in [3.63, 3.8) is 0 Å². The van der Waals surface area contributed by atoms with Crippen LogP contribution in [0.2, 0.25) is 0 Å². The molecule has 6 nitrogen and oxygen atoms in total. The number of benzene rings is 1. The molecule has 1 fully saturated rings. The Bertz CT molecular complexity index is 745. The monoisotopic (exact) mass is 342 g/mol. The van der Waals surface area contributed by atoms with Gasteiger partial charge in [0.05, 0.1) is 6.04 Å². The number of piperazine rings is 1. The van der Waals surface area contributed by atoms with E-state index in [-0.39, 0.29) is 11.9 Å². The van der Waals surface area contributed by atoms with Crippen LogP contribution in [-0.2, 0) is 0 Å². The zero-order valence-corrected chi connectivity index (χ0v) is 14.3. The van der Waals surface area contributed by atoms with Gasteiger partial charge in [0.15, 0.2) is 0 Å². The van der Waals surface area contributed by atoms with Crippen molar-refractivity contribution in [1.29, 1.82) is 0 Å². The van der Waals surface area contributed by atoms with Gasteiger partial charge in [-0.25, -0.2) is 19.4 Å². The third-order valence-electron chi connectivity index (χ3n) is 4.85. The highest BCUT2D eigenvalue weighted by Gasteiger charge is 2.32. The SMILES string of the molecule is CC1N=C(N)N(N2CCNCC2)C2=C1C=C(c1ccc(F)cc1)CN2. The van der Waals surface area contributed by atoms with Gasteiger partial charge in [0.25, 0.3) is 0 Å². The Labute approximate surface area is 146 Å². The Morgan fingerprint density at radius 2 is 1.92 bits per heavy atom. The summed E-state index contributed by atoms with van der Waals surface area (Å²) < 4.78 is 13.2. The first-order valence-corrected chi connectivity index (χ1v) is 8.67. The standard InChI is InChI=1S/C18H23FN6/c1-12-16-10-14(13-2-4-15(19)5-3-13)11-22-17(16)25(18(20)23-12)24-8-6-21-7-9-24/h2-5,10,12,21-22H,6-9,11H2,1H3,(H2,20,23). The van der Waals surface area contributed by atoms with Crippen molar-refractivity contribution in [1.82, 2.24) is 20.7 Å². The minimum atomic E-state index is -0.221. The Kier molecular flexibility index (Phi) is 4.19. The molecule has 1 saturated heterocycles. The predicted octanol–water partition coefficient (Wildman–Crippen LogP) is 0.863. The quantitative estimate of drug-likeness (QED) is 0.744. The Morgan fingerprint density at radius 3 is 2.64 bits per heavy atom. The minimum absolute atomic E-state index is 0.0163. The molecule has 0 aromatic heterocycles. The summed E-state index contributed by atoms with van der Waals surface area (Å²) >= 11 is 0. The molecule has 1 aromatic carbocycles. The molecular weight excluding hydrogens is 319 g/mol. The van der Waals surface area contributed by atoms with E-state index in [1.165, 1.54) is 12.1 Å². The summed E-state index contributed by atoms with van der Waals surface area (Å²) in [6.07, 6.45) is 2.16. The Hall–Kier alpha value is -2.38. The topological polar surface area (TPSA) is 68.9 Å². The van der Waals surface area contributed by atoms with E-state index in [9.17, 15) is 4.39 Å². The zero-order valence-electron chi connectivity index (χ0n) is 14.3. The molecule has 4 rings (SSSR count). The average molecular weight is 342 g/mol. The number of hydrazine groups is 1. The van der Waals surface area contributed by atoms with Gasteiger partial charge in [-0.2, -0.15) is 0 Å². The number of dihydropyridines is 1. The van der Waals surface area contributed by atoms with E-state index in [0.717, 1.165) is 48.7 Å². The molecule has 0 aliphatic carbocycles. The molecule has 0 saturated carbocycles. The third kappa shape index (κ3) is 3.01. The van der Waals surface area contributed by atoms with Crippen molar-refractivity contribution in [3.05, 3.63) is 53.1 Å². The van der Waals surface area contributed by atoms with E-state index in [2.05, 4.69) is 26.7 Å². The lowest BCUT2D eigenvalue weighted by molar-refractivity contribution is 0.0509. The first kappa shape index (κ1) is 16.1. The van der Waals surface area contributed by atoms with Crippen molar-refractivity contribution < 1.29 is 4.39 Å². The highest BCUT2D eigenvalue weighted by Crippen LogP contribution is 2.29. The number of nitrogens with two attached hydrogens (primary N) is 1. The number of aliphatic imine (C=N–C) groups is 1. The zero-order chi connectivity index (χ0) is 17.4. The molecule has 1 unspecified atom stereocenters. The molecule has 132 valence electrons. The van der Waals surface area contributed by atoms with Gasteiger partial charge in [-0.3, -0.25) is 0 Å². The molecule has 25 heavy (non-hydrogen) atoms. The van der Waals surface area contributed by atoms with Crippen LogP contribution in [0, 0.1) is 5.82 Å². The van der Waals surface area contributed by atoms with Gasteiger partial charge in [-0.05, 0) is 36.3 Å². The summed E-state index contributed by atoms with van der Waals surface area (Å²) in [5, 5.41) is 11.1. The molecule has 0 spiro atoms. The molecule has 7 heteroatoms. The number of rotatable bonds is 2. The minimum Gasteiger partial charge on any atom is -0.368 e. The average Bonchev–Trinajstić information content (AvgIpc) is 2.63. The van der Waals surface area contributed by atoms with Crippen LogP contribution in [0.5, 0.6) is 0 Å². The van der Waals surface area contributed by atoms with Gasteiger partial charge < -0.3 is 16.4 Å². The van der Waals surface area contributed by atoms with Crippen LogP contribution in [0.3, 0.4) is 0 Å². The van der Waals surface area contributed by atoms with Crippen LogP contribution in [0.15, 0.2) is 46.7 Å². The van der Waals surface area contributed by atoms with Crippen LogP contribution < -0.4 is 16.4 Å². The van der Waals surface area contributed by atoms with Crippen molar-refractivity contribution in [2.45, 2.75) is 13.0 Å². The molecule has 0 bridgehead atoms. The van der Waals surface area contributed by atoms with Gasteiger partial charge in [-0.15, -0.1) is 0 Å². The molecule has 1 atom stereocenters. The maximum atomic E-state index is 13.2. The molecule has 0 radical (unpaired) electrons. The van der Waals surface area contributed by atoms with E-state index in [4.69, 9.17) is 5.73 Å². The maximum absolute atomic E-state index is 13.2. The highest BCUT2D eigenvalue weighted by molar-refractivity contribution is 5.83. The fourth-order valence-electron chi connectivity index (χ4n) is 3.53. The number of hydrogen-bond donors (Lipinski definition) is 3. The number of halogens is 1. The number of nitrogens with one attached hydrogen (secondary N) is 2. The van der Waals surface area contributed by atoms with Gasteiger partial charge in [0, 0.05) is 38.3 Å². The Balaban J connectivity index is 1.69. The van der Waals surface area contributed by atoms with E-state index in [1.807, 2.05) is 24.1 Å². The van der Waals surface area contributed by atoms with E-state index >= 15 is 0 Å². The maximum Gasteiger partial charge on any atom is 0.212 e. The highest BCUT2D eigenvalue weighted by atomic mass is 19.1. The summed E-state index contributed by atoms with van der Waals surface area (Å²) in [7, 11) is 0. The fraction of sp³-hybridized carbons (Fsp3) is 0.389. The van der Waals surface area contributed by atoms with Crippen LogP contribution in [0.4, 0.5) is 4.39 Å². The van der Waals surface area contributed by atoms with Crippen molar-refractivity contribution in [2.75, 3.05) is 32.7 Å². The molecule has 0 amide bonds. The summed E-state index contributed by atoms with van der Waals surface area (Å²) in [6.45, 7) is 6.35. The first-order chi connectivity index (χ1) is 12.1. The van der Waals surface area contributed by atoms with Gasteiger partial charge in [-0.1, -0.05) is 12.1 Å². The van der Waals surface area contributed by atoms with E-state index < -0.39 is 0 Å². The van der Waals surface area contributed by atoms with Gasteiger partial charge >= 0.3 is 0 Å². The molecule has 3 heterocycles. The second kappa shape index (κ2) is 6.50. The largest absolute Gasteiger partial charge is 0.368 e. The number of nitrogens with zero attached hydrogens (tertiary/aromatic N) is 3. The van der Waals surface area contributed by atoms with Crippen LogP contribution in [0.25, 0.3) is 5.57 Å². The first-order valence-electron chi connectivity index (χ1n) is 8.67. The van der Waals surface area contributed by atoms with Gasteiger partial charge in [0.1, 0.15) is 11.6 Å². The normalized spacial score (nSPS) is 24.4. The molecular formula is C18H23FN6. The summed E-state index contributed by atoms with van der Waals surface area (Å²) in [5.74, 6) is 1.31. The van der Waals surface area contributed by atoms with Crippen LogP contribution >= 0.6 is 0 Å². The summed E-state index contributed by atoms with van der Waals surface area (Å²) in [4.78, 5) is 4.62. The predicted molar refractivity (Wildman–Crippen MR) is 96.8 cm³/mol. The lowest BCUT2D eigenvalue weighted by Crippen LogP contribution is -2.59. The van der Waals surface area contributed by atoms with Crippen molar-refractivity contribution in [2.24, 2.45) is 10.7 Å². The smallest absolute Gasteiger partial charge is 0.212 e.